The molecule has 0 unspecified atom stereocenters. The maximum Gasteiger partial charge on any atom is 0.0739 e. The van der Waals surface area contributed by atoms with E-state index in [4.69, 9.17) is 0 Å². The second-order valence-corrected chi connectivity index (χ2v) is 4.49. The quantitative estimate of drug-likeness (QED) is 0.671. The summed E-state index contributed by atoms with van der Waals surface area (Å²) >= 11 is 0. The molecule has 3 aromatic rings. The smallest absolute Gasteiger partial charge is 0.0739 e. The van der Waals surface area contributed by atoms with Gasteiger partial charge in [-0.1, -0.05) is 18.2 Å². The van der Waals surface area contributed by atoms with Gasteiger partial charge in [0.15, 0.2) is 0 Å². The molecule has 2 aromatic heterocycles. The molecule has 94 valence electrons. The van der Waals surface area contributed by atoms with Crippen molar-refractivity contribution >= 4 is 17.5 Å². The van der Waals surface area contributed by atoms with Gasteiger partial charge in [0.2, 0.25) is 0 Å². The van der Waals surface area contributed by atoms with Crippen LogP contribution in [0, 0.1) is 0 Å². The van der Waals surface area contributed by atoms with Gasteiger partial charge in [-0.2, -0.15) is 5.10 Å². The predicted octanol–water partition coefficient (Wildman–Crippen LogP) is 2.84. The Hall–Kier alpha value is -2.49. The van der Waals surface area contributed by atoms with E-state index in [1.165, 1.54) is 0 Å². The summed E-state index contributed by atoms with van der Waals surface area (Å²) in [6.07, 6.45) is 5.69. The van der Waals surface area contributed by atoms with E-state index in [0.29, 0.717) is 6.54 Å². The summed E-state index contributed by atoms with van der Waals surface area (Å²) in [5.74, 6) is 0. The highest BCUT2D eigenvalue weighted by Gasteiger charge is 2.05. The first-order chi connectivity index (χ1) is 9.28. The Morgan fingerprint density at radius 1 is 1.32 bits per heavy atom. The van der Waals surface area contributed by atoms with Gasteiger partial charge >= 0.3 is 0 Å². The number of fused-ring (bicyclic) bond motifs is 1. The van der Waals surface area contributed by atoms with Crippen molar-refractivity contribution in [3.8, 4) is 11.3 Å². The van der Waals surface area contributed by atoms with E-state index in [1.54, 1.807) is 4.68 Å². The molecule has 0 spiro atoms. The molecule has 0 saturated heterocycles. The molecule has 0 amide bonds. The first-order valence-corrected chi connectivity index (χ1v) is 6.07. The molecular weight excluding hydrogens is 236 g/mol. The van der Waals surface area contributed by atoms with Crippen molar-refractivity contribution in [2.75, 3.05) is 0 Å². The Labute approximate surface area is 111 Å². The Bertz CT molecular complexity index is 743. The Balaban J connectivity index is 2.14. The van der Waals surface area contributed by atoms with Crippen LogP contribution in [-0.2, 0) is 13.6 Å². The minimum absolute atomic E-state index is 0.616. The van der Waals surface area contributed by atoms with E-state index in [-0.39, 0.29) is 0 Å². The average Bonchev–Trinajstić information content (AvgIpc) is 2.86. The van der Waals surface area contributed by atoms with Gasteiger partial charge in [-0.3, -0.25) is 14.7 Å². The van der Waals surface area contributed by atoms with Gasteiger partial charge in [0.05, 0.1) is 18.4 Å². The van der Waals surface area contributed by atoms with Gasteiger partial charge in [-0.25, -0.2) is 0 Å². The summed E-state index contributed by atoms with van der Waals surface area (Å²) in [6, 6.07) is 8.26. The second kappa shape index (κ2) is 4.65. The van der Waals surface area contributed by atoms with Crippen molar-refractivity contribution in [1.29, 1.82) is 0 Å². The molecule has 0 N–H and O–H groups in total. The van der Waals surface area contributed by atoms with Crippen LogP contribution in [0.1, 0.15) is 5.56 Å². The topological polar surface area (TPSA) is 43.1 Å². The van der Waals surface area contributed by atoms with Gasteiger partial charge < -0.3 is 0 Å². The van der Waals surface area contributed by atoms with Gasteiger partial charge in [-0.15, -0.1) is 0 Å². The van der Waals surface area contributed by atoms with E-state index in [1.807, 2.05) is 31.7 Å². The first kappa shape index (κ1) is 11.6. The van der Waals surface area contributed by atoms with Crippen LogP contribution >= 0.6 is 0 Å². The molecular formula is C15H14N4. The van der Waals surface area contributed by atoms with Crippen LogP contribution in [0.2, 0.25) is 0 Å². The molecule has 4 nitrogen and oxygen atoms in total. The fourth-order valence-corrected chi connectivity index (χ4v) is 2.20. The predicted molar refractivity (Wildman–Crippen MR) is 77.2 cm³/mol. The Morgan fingerprint density at radius 3 is 2.95 bits per heavy atom. The Morgan fingerprint density at radius 2 is 2.21 bits per heavy atom. The maximum atomic E-state index is 4.52. The number of aliphatic imine (C=N–C) groups is 1. The minimum Gasteiger partial charge on any atom is -0.296 e. The summed E-state index contributed by atoms with van der Waals surface area (Å²) in [5, 5.41) is 6.46. The van der Waals surface area contributed by atoms with E-state index in [0.717, 1.165) is 27.6 Å². The SMILES string of the molecule is C=NCc1cccc2cc(-c3cnn(C)c3)ncc12. The zero-order valence-electron chi connectivity index (χ0n) is 10.7. The van der Waals surface area contributed by atoms with Crippen LogP contribution in [-0.4, -0.2) is 21.5 Å². The lowest BCUT2D eigenvalue weighted by molar-refractivity contribution is 0.768. The summed E-state index contributed by atoms with van der Waals surface area (Å²) in [7, 11) is 1.90. The minimum atomic E-state index is 0.616. The van der Waals surface area contributed by atoms with E-state index in [2.05, 4.69) is 40.0 Å². The van der Waals surface area contributed by atoms with Crippen LogP contribution in [0.5, 0.6) is 0 Å². The lowest BCUT2D eigenvalue weighted by Gasteiger charge is -2.05. The fourth-order valence-electron chi connectivity index (χ4n) is 2.20. The largest absolute Gasteiger partial charge is 0.296 e. The molecule has 0 bridgehead atoms. The molecule has 4 heteroatoms. The number of hydrogen-bond donors (Lipinski definition) is 0. The maximum absolute atomic E-state index is 4.52. The van der Waals surface area contributed by atoms with Crippen molar-refractivity contribution < 1.29 is 0 Å². The van der Waals surface area contributed by atoms with Crippen LogP contribution in [0.15, 0.2) is 47.8 Å². The van der Waals surface area contributed by atoms with Gasteiger partial charge in [0, 0.05) is 30.4 Å². The number of hydrogen-bond acceptors (Lipinski definition) is 3. The Kier molecular flexibility index (Phi) is 2.83. The lowest BCUT2D eigenvalue weighted by atomic mass is 10.0. The van der Waals surface area contributed by atoms with Crippen LogP contribution < -0.4 is 0 Å². The zero-order valence-corrected chi connectivity index (χ0v) is 10.7. The number of pyridine rings is 1. The third kappa shape index (κ3) is 2.12. The van der Waals surface area contributed by atoms with Crippen molar-refractivity contribution in [3.63, 3.8) is 0 Å². The molecule has 0 saturated carbocycles. The van der Waals surface area contributed by atoms with Gasteiger partial charge in [0.1, 0.15) is 0 Å². The zero-order chi connectivity index (χ0) is 13.2. The standard InChI is InChI=1S/C15H14N4/c1-16-7-12-5-3-4-11-6-15(17-9-14(11)12)13-8-18-19(2)10-13/h3-6,8-10H,1,7H2,2H3. The lowest BCUT2D eigenvalue weighted by Crippen LogP contribution is -1.88. The van der Waals surface area contributed by atoms with Crippen molar-refractivity contribution in [1.82, 2.24) is 14.8 Å². The van der Waals surface area contributed by atoms with E-state index in [9.17, 15) is 0 Å². The average molecular weight is 250 g/mol. The van der Waals surface area contributed by atoms with Crippen molar-refractivity contribution in [3.05, 3.63) is 48.4 Å². The molecule has 0 aliphatic heterocycles. The molecule has 0 radical (unpaired) electrons. The number of nitrogens with zero attached hydrogens (tertiary/aromatic N) is 4. The summed E-state index contributed by atoms with van der Waals surface area (Å²) in [5.41, 5.74) is 3.11. The highest BCUT2D eigenvalue weighted by molar-refractivity contribution is 5.87. The molecule has 19 heavy (non-hydrogen) atoms. The molecule has 0 aliphatic rings. The molecule has 0 fully saturated rings. The highest BCUT2D eigenvalue weighted by atomic mass is 15.2. The second-order valence-electron chi connectivity index (χ2n) is 4.49. The number of aryl methyl sites for hydroxylation is 1. The molecule has 0 aliphatic carbocycles. The number of benzene rings is 1. The van der Waals surface area contributed by atoms with Gasteiger partial charge in [-0.05, 0) is 23.7 Å². The molecule has 2 heterocycles. The van der Waals surface area contributed by atoms with E-state index < -0.39 is 0 Å². The summed E-state index contributed by atoms with van der Waals surface area (Å²) in [6.45, 7) is 4.17. The van der Waals surface area contributed by atoms with E-state index >= 15 is 0 Å². The fraction of sp³-hybridized carbons (Fsp3) is 0.133. The third-order valence-electron chi connectivity index (χ3n) is 3.14. The normalized spacial score (nSPS) is 10.8. The van der Waals surface area contributed by atoms with Crippen molar-refractivity contribution in [2.45, 2.75) is 6.54 Å². The molecule has 3 rings (SSSR count). The third-order valence-corrected chi connectivity index (χ3v) is 3.14. The van der Waals surface area contributed by atoms with Crippen molar-refractivity contribution in [2.24, 2.45) is 12.0 Å². The summed E-state index contributed by atoms with van der Waals surface area (Å²) < 4.78 is 1.78. The molecule has 1 aromatic carbocycles. The summed E-state index contributed by atoms with van der Waals surface area (Å²) in [4.78, 5) is 8.47. The molecule has 0 atom stereocenters. The highest BCUT2D eigenvalue weighted by Crippen LogP contribution is 2.24. The van der Waals surface area contributed by atoms with Crippen LogP contribution in [0.4, 0.5) is 0 Å². The van der Waals surface area contributed by atoms with Crippen LogP contribution in [0.25, 0.3) is 22.0 Å². The van der Waals surface area contributed by atoms with Gasteiger partial charge in [0.25, 0.3) is 0 Å². The number of aromatic nitrogens is 3. The first-order valence-electron chi connectivity index (χ1n) is 6.07. The van der Waals surface area contributed by atoms with Crippen LogP contribution in [0.3, 0.4) is 0 Å². The monoisotopic (exact) mass is 250 g/mol. The number of rotatable bonds is 3.